The van der Waals surface area contributed by atoms with E-state index in [1.807, 2.05) is 0 Å². The Hall–Kier alpha value is -0.110. The van der Waals surface area contributed by atoms with E-state index in [9.17, 15) is 0 Å². The van der Waals surface area contributed by atoms with Crippen LogP contribution in [-0.4, -0.2) is 17.1 Å². The lowest BCUT2D eigenvalue weighted by atomic mass is 9.69. The number of hydrogen-bond acceptors (Lipinski definition) is 2. The van der Waals surface area contributed by atoms with Crippen LogP contribution in [0.15, 0.2) is 11.8 Å². The first kappa shape index (κ1) is 14.8. The Bertz CT molecular complexity index is 343. The van der Waals surface area contributed by atoms with Gasteiger partial charge in [0.05, 0.1) is 12.9 Å². The maximum absolute atomic E-state index is 5.83. The molecule has 3 rings (SSSR count). The predicted octanol–water partition coefficient (Wildman–Crippen LogP) is 5.70. The molecule has 0 aromatic carbocycles. The minimum absolute atomic E-state index is 0.662. The van der Waals surface area contributed by atoms with Crippen molar-refractivity contribution >= 4 is 11.8 Å². The van der Waals surface area contributed by atoms with Crippen molar-refractivity contribution in [3.63, 3.8) is 0 Å². The van der Waals surface area contributed by atoms with E-state index in [0.29, 0.717) is 5.41 Å². The average molecular weight is 295 g/mol. The molecular formula is C18H30OS. The number of hydrogen-bond donors (Lipinski definition) is 0. The molecule has 0 spiro atoms. The molecule has 2 heterocycles. The van der Waals surface area contributed by atoms with Crippen LogP contribution in [0.25, 0.3) is 0 Å². The summed E-state index contributed by atoms with van der Waals surface area (Å²) in [7, 11) is 0. The Labute approximate surface area is 128 Å². The highest BCUT2D eigenvalue weighted by Gasteiger charge is 2.49. The predicted molar refractivity (Wildman–Crippen MR) is 88.1 cm³/mol. The summed E-state index contributed by atoms with van der Waals surface area (Å²) >= 11 is 2.30. The van der Waals surface area contributed by atoms with E-state index < -0.39 is 0 Å². The summed E-state index contributed by atoms with van der Waals surface area (Å²) in [6.45, 7) is 3.35. The molecule has 0 aromatic rings. The highest BCUT2D eigenvalue weighted by molar-refractivity contribution is 8.01. The van der Waals surface area contributed by atoms with Crippen molar-refractivity contribution in [1.82, 2.24) is 0 Å². The zero-order valence-electron chi connectivity index (χ0n) is 13.0. The molecule has 3 atom stereocenters. The fourth-order valence-electron chi connectivity index (χ4n) is 4.51. The van der Waals surface area contributed by atoms with Gasteiger partial charge in [0.2, 0.25) is 0 Å². The summed E-state index contributed by atoms with van der Waals surface area (Å²) < 4.78 is 5.83. The van der Waals surface area contributed by atoms with Crippen molar-refractivity contribution in [3.05, 3.63) is 11.8 Å². The monoisotopic (exact) mass is 294 g/mol. The molecule has 2 heteroatoms. The van der Waals surface area contributed by atoms with Crippen molar-refractivity contribution in [2.45, 2.75) is 88.1 Å². The van der Waals surface area contributed by atoms with Gasteiger partial charge in [-0.15, -0.1) is 0 Å². The molecule has 2 aliphatic heterocycles. The largest absolute Gasteiger partial charge is 0.501 e. The minimum atomic E-state index is 0.662. The molecule has 3 aliphatic rings. The first-order valence-electron chi connectivity index (χ1n) is 8.77. The van der Waals surface area contributed by atoms with Gasteiger partial charge < -0.3 is 4.74 Å². The quantitative estimate of drug-likeness (QED) is 0.459. The van der Waals surface area contributed by atoms with Crippen LogP contribution in [-0.2, 0) is 4.74 Å². The van der Waals surface area contributed by atoms with Crippen molar-refractivity contribution in [3.8, 4) is 0 Å². The maximum atomic E-state index is 5.83. The highest BCUT2D eigenvalue weighted by atomic mass is 32.2. The second-order valence-electron chi connectivity index (χ2n) is 7.06. The van der Waals surface area contributed by atoms with Crippen molar-refractivity contribution < 1.29 is 4.74 Å². The number of allylic oxidation sites excluding steroid dienone is 1. The van der Waals surface area contributed by atoms with E-state index in [-0.39, 0.29) is 0 Å². The summed E-state index contributed by atoms with van der Waals surface area (Å²) in [4.78, 5) is 0. The average Bonchev–Trinajstić information content (AvgIpc) is 3.09. The van der Waals surface area contributed by atoms with Crippen molar-refractivity contribution in [2.75, 3.05) is 6.61 Å². The van der Waals surface area contributed by atoms with Gasteiger partial charge in [-0.05, 0) is 75.2 Å². The second-order valence-corrected chi connectivity index (χ2v) is 8.56. The zero-order valence-corrected chi connectivity index (χ0v) is 13.9. The van der Waals surface area contributed by atoms with E-state index in [4.69, 9.17) is 4.74 Å². The third kappa shape index (κ3) is 3.21. The Morgan fingerprint density at radius 3 is 2.75 bits per heavy atom. The molecular weight excluding hydrogens is 264 g/mol. The molecule has 2 bridgehead atoms. The number of ether oxygens (including phenoxy) is 1. The molecule has 0 radical (unpaired) electrons. The van der Waals surface area contributed by atoms with E-state index >= 15 is 0 Å². The van der Waals surface area contributed by atoms with Crippen molar-refractivity contribution in [2.24, 2.45) is 5.41 Å². The Morgan fingerprint density at radius 2 is 2.10 bits per heavy atom. The summed E-state index contributed by atoms with van der Waals surface area (Å²) in [5.74, 6) is 0. The van der Waals surface area contributed by atoms with Gasteiger partial charge in [0.25, 0.3) is 0 Å². The molecule has 20 heavy (non-hydrogen) atoms. The minimum Gasteiger partial charge on any atom is -0.501 e. The van der Waals surface area contributed by atoms with Crippen LogP contribution in [0, 0.1) is 5.41 Å². The van der Waals surface area contributed by atoms with Gasteiger partial charge in [-0.3, -0.25) is 0 Å². The summed E-state index contributed by atoms with van der Waals surface area (Å²) in [5, 5.41) is 1.96. The number of rotatable bonds is 6. The highest BCUT2D eigenvalue weighted by Crippen LogP contribution is 2.59. The topological polar surface area (TPSA) is 9.23 Å². The molecule has 0 amide bonds. The van der Waals surface area contributed by atoms with Crippen LogP contribution < -0.4 is 0 Å². The van der Waals surface area contributed by atoms with Gasteiger partial charge in [0, 0.05) is 10.5 Å². The molecule has 2 saturated heterocycles. The fraction of sp³-hybridized carbons (Fsp3) is 0.889. The maximum Gasteiger partial charge on any atom is 0.0873 e. The summed E-state index contributed by atoms with van der Waals surface area (Å²) in [5.41, 5.74) is 2.21. The van der Waals surface area contributed by atoms with Gasteiger partial charge in [0.1, 0.15) is 0 Å². The first-order valence-corrected chi connectivity index (χ1v) is 9.72. The van der Waals surface area contributed by atoms with Crippen LogP contribution in [0.3, 0.4) is 0 Å². The molecule has 0 aromatic heterocycles. The third-order valence-electron chi connectivity index (χ3n) is 5.81. The molecule has 1 nitrogen and oxygen atoms in total. The molecule has 3 unspecified atom stereocenters. The number of thioether (sulfide) groups is 1. The lowest BCUT2D eigenvalue weighted by Crippen LogP contribution is -2.31. The lowest BCUT2D eigenvalue weighted by molar-refractivity contribution is 0.164. The Morgan fingerprint density at radius 1 is 1.25 bits per heavy atom. The first-order chi connectivity index (χ1) is 9.82. The van der Waals surface area contributed by atoms with Gasteiger partial charge in [-0.2, -0.15) is 11.8 Å². The molecule has 1 aliphatic carbocycles. The van der Waals surface area contributed by atoms with Crippen LogP contribution in [0.5, 0.6) is 0 Å². The van der Waals surface area contributed by atoms with Gasteiger partial charge >= 0.3 is 0 Å². The molecule has 1 saturated carbocycles. The zero-order chi connectivity index (χ0) is 13.8. The smallest absolute Gasteiger partial charge is 0.0873 e. The molecule has 114 valence electrons. The van der Waals surface area contributed by atoms with E-state index in [0.717, 1.165) is 17.1 Å². The fourth-order valence-corrected chi connectivity index (χ4v) is 6.62. The summed E-state index contributed by atoms with van der Waals surface area (Å²) in [6, 6.07) is 0. The van der Waals surface area contributed by atoms with E-state index in [1.165, 1.54) is 70.6 Å². The van der Waals surface area contributed by atoms with E-state index in [1.54, 1.807) is 5.57 Å². The third-order valence-corrected chi connectivity index (χ3v) is 7.66. The normalized spacial score (nSPS) is 36.4. The van der Waals surface area contributed by atoms with Crippen LogP contribution >= 0.6 is 11.8 Å². The summed E-state index contributed by atoms with van der Waals surface area (Å²) in [6.07, 6.45) is 17.3. The van der Waals surface area contributed by atoms with E-state index in [2.05, 4.69) is 24.9 Å². The van der Waals surface area contributed by atoms with Gasteiger partial charge in [-0.25, -0.2) is 0 Å². The lowest BCUT2D eigenvalue weighted by Gasteiger charge is -2.36. The van der Waals surface area contributed by atoms with Gasteiger partial charge in [0.15, 0.2) is 0 Å². The van der Waals surface area contributed by atoms with Crippen LogP contribution in [0.1, 0.15) is 77.6 Å². The standard InChI is InChI=1S/C18H30OS/c1-2-18(13-16-9-10-17(18)20-16)11-6-12-19-14-15-7-4-3-5-8-15/h14,16-17H,2-13H2,1H3. The molecule has 0 N–H and O–H groups in total. The Balaban J connectivity index is 1.39. The molecule has 3 fully saturated rings. The Kier molecular flexibility index (Phi) is 5.01. The van der Waals surface area contributed by atoms with Gasteiger partial charge in [-0.1, -0.05) is 13.3 Å². The van der Waals surface area contributed by atoms with Crippen LogP contribution in [0.2, 0.25) is 0 Å². The SMILES string of the molecule is CCC1(CCCOC=C2CCCCC2)CC2CCC1S2. The van der Waals surface area contributed by atoms with Crippen LogP contribution in [0.4, 0.5) is 0 Å². The second kappa shape index (κ2) is 6.77. The number of fused-ring (bicyclic) bond motifs is 2. The van der Waals surface area contributed by atoms with Crippen molar-refractivity contribution in [1.29, 1.82) is 0 Å².